The third-order valence-corrected chi connectivity index (χ3v) is 6.23. The van der Waals surface area contributed by atoms with E-state index in [0.717, 1.165) is 11.4 Å². The monoisotopic (exact) mass is 327 g/mol. The molecule has 0 saturated carbocycles. The van der Waals surface area contributed by atoms with Gasteiger partial charge in [0, 0.05) is 26.3 Å². The Morgan fingerprint density at radius 2 is 1.86 bits per heavy atom. The number of hydrogen-bond donors (Lipinski definition) is 0. The molecule has 2 unspecified atom stereocenters. The molecule has 1 aliphatic heterocycles. The minimum Gasteiger partial charge on any atom is -0.361 e. The van der Waals surface area contributed by atoms with E-state index in [-0.39, 0.29) is 0 Å². The van der Waals surface area contributed by atoms with E-state index < -0.39 is 0 Å². The average molecular weight is 328 g/mol. The number of hydrogen-bond acceptors (Lipinski definition) is 2. The lowest BCUT2D eigenvalue weighted by Gasteiger charge is -2.40. The van der Waals surface area contributed by atoms with Gasteiger partial charge in [-0.3, -0.25) is 0 Å². The largest absolute Gasteiger partial charge is 0.361 e. The van der Waals surface area contributed by atoms with E-state index in [2.05, 4.69) is 61.2 Å². The molecule has 112 valence electrons. The zero-order valence-corrected chi connectivity index (χ0v) is 14.3. The Kier molecular flexibility index (Phi) is 3.39. The van der Waals surface area contributed by atoms with Gasteiger partial charge in [-0.05, 0) is 61.5 Å². The summed E-state index contributed by atoms with van der Waals surface area (Å²) in [5.74, 6) is 0. The predicted molar refractivity (Wildman–Crippen MR) is 97.3 cm³/mol. The molecule has 3 aromatic rings. The Morgan fingerprint density at radius 3 is 2.64 bits per heavy atom. The fraction of sp³-hybridized carbons (Fsp3) is 0.263. The lowest BCUT2D eigenvalue weighted by molar-refractivity contribution is 0.536. The molecule has 0 radical (unpaired) electrons. The normalized spacial score (nSPS) is 21.1. The van der Waals surface area contributed by atoms with Crippen LogP contribution in [0.2, 0.25) is 5.02 Å². The molecule has 2 atom stereocenters. The van der Waals surface area contributed by atoms with E-state index in [0.29, 0.717) is 12.1 Å². The van der Waals surface area contributed by atoms with E-state index in [1.807, 2.05) is 17.4 Å². The molecule has 1 aliphatic rings. The van der Waals surface area contributed by atoms with Crippen LogP contribution in [0.1, 0.15) is 30.3 Å². The Bertz CT molecular complexity index is 824. The fourth-order valence-electron chi connectivity index (χ4n) is 3.67. The summed E-state index contributed by atoms with van der Waals surface area (Å²) in [6.45, 7) is 4.64. The van der Waals surface area contributed by atoms with Crippen molar-refractivity contribution in [1.29, 1.82) is 0 Å². The molecule has 0 fully saturated rings. The lowest BCUT2D eigenvalue weighted by Crippen LogP contribution is -2.40. The van der Waals surface area contributed by atoms with Crippen LogP contribution in [-0.4, -0.2) is 6.04 Å². The molecule has 0 aliphatic carbocycles. The third-order valence-electron chi connectivity index (χ3n) is 4.61. The van der Waals surface area contributed by atoms with Gasteiger partial charge < -0.3 is 4.90 Å². The topological polar surface area (TPSA) is 3.24 Å². The molecule has 0 spiro atoms. The molecule has 2 aromatic carbocycles. The summed E-state index contributed by atoms with van der Waals surface area (Å²) in [5, 5.41) is 2.18. The average Bonchev–Trinajstić information content (AvgIpc) is 2.87. The number of anilines is 1. The van der Waals surface area contributed by atoms with Gasteiger partial charge in [0.05, 0.1) is 6.04 Å². The summed E-state index contributed by atoms with van der Waals surface area (Å²) >= 11 is 8.13. The smallest absolute Gasteiger partial charge is 0.0613 e. The maximum atomic E-state index is 6.21. The van der Waals surface area contributed by atoms with E-state index in [9.17, 15) is 0 Å². The van der Waals surface area contributed by atoms with Crippen molar-refractivity contribution in [2.45, 2.75) is 32.4 Å². The molecule has 3 heteroatoms. The molecule has 0 saturated heterocycles. The first kappa shape index (κ1) is 14.1. The zero-order valence-electron chi connectivity index (χ0n) is 12.7. The molecular weight excluding hydrogens is 310 g/mol. The quantitative estimate of drug-likeness (QED) is 0.524. The van der Waals surface area contributed by atoms with Gasteiger partial charge in [0.1, 0.15) is 0 Å². The van der Waals surface area contributed by atoms with Gasteiger partial charge in [-0.2, -0.15) is 0 Å². The van der Waals surface area contributed by atoms with Crippen LogP contribution in [0, 0.1) is 0 Å². The molecule has 4 rings (SSSR count). The summed E-state index contributed by atoms with van der Waals surface area (Å²) in [5.41, 5.74) is 2.80. The van der Waals surface area contributed by atoms with Gasteiger partial charge in [-0.25, -0.2) is 0 Å². The number of rotatable bonds is 1. The standard InChI is InChI=1S/C19H18ClNS/c1-12-10-17-16-11-14(20)8-9-18(16)22-19(17)13(2)21(12)15-6-4-3-5-7-15/h3-9,11-13H,10H2,1-2H3. The van der Waals surface area contributed by atoms with Gasteiger partial charge in [0.2, 0.25) is 0 Å². The highest BCUT2D eigenvalue weighted by molar-refractivity contribution is 7.19. The molecule has 0 amide bonds. The second kappa shape index (κ2) is 5.29. The van der Waals surface area contributed by atoms with E-state index in [1.165, 1.54) is 26.2 Å². The van der Waals surface area contributed by atoms with Crippen molar-refractivity contribution in [3.05, 3.63) is 64.0 Å². The summed E-state index contributed by atoms with van der Waals surface area (Å²) in [4.78, 5) is 4.03. The highest BCUT2D eigenvalue weighted by atomic mass is 35.5. The summed E-state index contributed by atoms with van der Waals surface area (Å²) in [7, 11) is 0. The first-order valence-electron chi connectivity index (χ1n) is 7.69. The van der Waals surface area contributed by atoms with Crippen molar-refractivity contribution in [2.24, 2.45) is 0 Å². The predicted octanol–water partition coefficient (Wildman–Crippen LogP) is 6.07. The fourth-order valence-corrected chi connectivity index (χ4v) is 5.11. The molecule has 0 N–H and O–H groups in total. The van der Waals surface area contributed by atoms with Crippen LogP contribution in [0.5, 0.6) is 0 Å². The number of para-hydroxylation sites is 1. The summed E-state index contributed by atoms with van der Waals surface area (Å²) < 4.78 is 1.35. The van der Waals surface area contributed by atoms with Gasteiger partial charge in [-0.1, -0.05) is 29.8 Å². The van der Waals surface area contributed by atoms with Crippen molar-refractivity contribution >= 4 is 38.7 Å². The third kappa shape index (κ3) is 2.13. The molecule has 2 heterocycles. The number of nitrogens with zero attached hydrogens (tertiary/aromatic N) is 1. The molecule has 1 nitrogen and oxygen atoms in total. The summed E-state index contributed by atoms with van der Waals surface area (Å²) in [6, 6.07) is 17.9. The second-order valence-electron chi connectivity index (χ2n) is 6.06. The van der Waals surface area contributed by atoms with Crippen LogP contribution in [0.3, 0.4) is 0 Å². The van der Waals surface area contributed by atoms with Crippen LogP contribution >= 0.6 is 22.9 Å². The van der Waals surface area contributed by atoms with Crippen LogP contribution in [-0.2, 0) is 6.42 Å². The highest BCUT2D eigenvalue weighted by Crippen LogP contribution is 2.44. The number of fused-ring (bicyclic) bond motifs is 3. The first-order valence-corrected chi connectivity index (χ1v) is 8.89. The maximum Gasteiger partial charge on any atom is 0.0613 e. The van der Waals surface area contributed by atoms with Crippen LogP contribution in [0.4, 0.5) is 5.69 Å². The molecule has 1 aromatic heterocycles. The Morgan fingerprint density at radius 1 is 1.09 bits per heavy atom. The first-order chi connectivity index (χ1) is 10.6. The van der Waals surface area contributed by atoms with Crippen molar-refractivity contribution in [1.82, 2.24) is 0 Å². The van der Waals surface area contributed by atoms with Crippen molar-refractivity contribution in [3.8, 4) is 0 Å². The summed E-state index contributed by atoms with van der Waals surface area (Å²) in [6.07, 6.45) is 1.08. The maximum absolute atomic E-state index is 6.21. The van der Waals surface area contributed by atoms with Gasteiger partial charge in [0.25, 0.3) is 0 Å². The Hall–Kier alpha value is -1.51. The van der Waals surface area contributed by atoms with Crippen molar-refractivity contribution in [2.75, 3.05) is 4.90 Å². The van der Waals surface area contributed by atoms with Crippen molar-refractivity contribution < 1.29 is 0 Å². The van der Waals surface area contributed by atoms with Gasteiger partial charge in [0.15, 0.2) is 0 Å². The molecule has 22 heavy (non-hydrogen) atoms. The number of halogens is 1. The minimum atomic E-state index is 0.400. The van der Waals surface area contributed by atoms with E-state index >= 15 is 0 Å². The van der Waals surface area contributed by atoms with Gasteiger partial charge in [-0.15, -0.1) is 11.3 Å². The van der Waals surface area contributed by atoms with Crippen LogP contribution in [0.15, 0.2) is 48.5 Å². The molecule has 0 bridgehead atoms. The van der Waals surface area contributed by atoms with Gasteiger partial charge >= 0.3 is 0 Å². The number of benzene rings is 2. The van der Waals surface area contributed by atoms with Crippen LogP contribution < -0.4 is 4.90 Å². The SMILES string of the molecule is CC1Cc2c(sc3ccc(Cl)cc23)C(C)N1c1ccccc1. The number of thiophene rings is 1. The van der Waals surface area contributed by atoms with Crippen molar-refractivity contribution in [3.63, 3.8) is 0 Å². The van der Waals surface area contributed by atoms with E-state index in [4.69, 9.17) is 11.6 Å². The lowest BCUT2D eigenvalue weighted by atomic mass is 9.93. The Balaban J connectivity index is 1.86. The zero-order chi connectivity index (χ0) is 15.3. The second-order valence-corrected chi connectivity index (χ2v) is 7.58. The van der Waals surface area contributed by atoms with E-state index in [1.54, 1.807) is 0 Å². The van der Waals surface area contributed by atoms with Crippen LogP contribution in [0.25, 0.3) is 10.1 Å². The highest BCUT2D eigenvalue weighted by Gasteiger charge is 2.32. The minimum absolute atomic E-state index is 0.400. The molecular formula is C19H18ClNS. The Labute approximate surface area is 140 Å².